The molecule has 0 bridgehead atoms. The van der Waals surface area contributed by atoms with Crippen molar-refractivity contribution < 1.29 is 18.7 Å². The fourth-order valence-corrected chi connectivity index (χ4v) is 3.50. The van der Waals surface area contributed by atoms with Crippen molar-refractivity contribution in [1.29, 1.82) is 0 Å². The van der Waals surface area contributed by atoms with Gasteiger partial charge in [0.25, 0.3) is 11.5 Å². The Hall–Kier alpha value is -3.23. The average Bonchev–Trinajstić information content (AvgIpc) is 2.93. The molecule has 1 amide bonds. The zero-order chi connectivity index (χ0) is 19.5. The van der Waals surface area contributed by atoms with E-state index in [0.29, 0.717) is 24.3 Å². The first kappa shape index (κ1) is 17.2. The number of aryl methyl sites for hydroxylation is 1. The molecule has 3 aromatic rings. The Labute approximate surface area is 152 Å². The molecule has 7 nitrogen and oxygen atoms in total. The van der Waals surface area contributed by atoms with Gasteiger partial charge in [-0.3, -0.25) is 9.59 Å². The Kier molecular flexibility index (Phi) is 3.76. The van der Waals surface area contributed by atoms with E-state index in [-0.39, 0.29) is 23.2 Å². The number of aromatic nitrogens is 3. The van der Waals surface area contributed by atoms with Crippen LogP contribution in [0.5, 0.6) is 5.75 Å². The molecule has 0 aliphatic carbocycles. The molecule has 4 rings (SSSR count). The summed E-state index contributed by atoms with van der Waals surface area (Å²) < 4.78 is 30.0. The van der Waals surface area contributed by atoms with Gasteiger partial charge >= 0.3 is 0 Å². The molecule has 1 N–H and O–H groups in total. The minimum atomic E-state index is -1.05. The van der Waals surface area contributed by atoms with Gasteiger partial charge in [0.05, 0.1) is 17.8 Å². The molecule has 140 valence electrons. The number of carbonyl (C=O) groups is 1. The summed E-state index contributed by atoms with van der Waals surface area (Å²) in [6, 6.07) is 3.68. The minimum Gasteiger partial charge on any atom is -0.505 e. The third-order valence-corrected chi connectivity index (χ3v) is 4.86. The molecule has 0 saturated heterocycles. The molecule has 1 aliphatic rings. The van der Waals surface area contributed by atoms with Crippen molar-refractivity contribution in [3.63, 3.8) is 0 Å². The van der Waals surface area contributed by atoms with Crippen LogP contribution in [-0.4, -0.2) is 43.9 Å². The summed E-state index contributed by atoms with van der Waals surface area (Å²) in [7, 11) is 1.61. The number of aromatic hydroxyl groups is 1. The van der Waals surface area contributed by atoms with Crippen LogP contribution < -0.4 is 5.56 Å². The van der Waals surface area contributed by atoms with Gasteiger partial charge in [-0.1, -0.05) is 12.1 Å². The van der Waals surface area contributed by atoms with Crippen LogP contribution in [0.25, 0.3) is 10.9 Å². The highest BCUT2D eigenvalue weighted by molar-refractivity contribution is 6.04. The topological polar surface area (TPSA) is 80.4 Å². The minimum absolute atomic E-state index is 0.0374. The van der Waals surface area contributed by atoms with Gasteiger partial charge in [-0.25, -0.2) is 13.5 Å². The van der Waals surface area contributed by atoms with Crippen LogP contribution in [0.2, 0.25) is 0 Å². The summed E-state index contributed by atoms with van der Waals surface area (Å²) >= 11 is 0. The molecule has 0 spiro atoms. The lowest BCUT2D eigenvalue weighted by molar-refractivity contribution is 0.0747. The molecular weight excluding hydrogens is 358 g/mol. The van der Waals surface area contributed by atoms with Gasteiger partial charge in [-0.15, -0.1) is 0 Å². The fourth-order valence-electron chi connectivity index (χ4n) is 3.50. The van der Waals surface area contributed by atoms with E-state index in [2.05, 4.69) is 5.10 Å². The summed E-state index contributed by atoms with van der Waals surface area (Å²) in [6.45, 7) is 2.19. The van der Waals surface area contributed by atoms with Crippen LogP contribution in [0.1, 0.15) is 21.7 Å². The number of hydrogen-bond acceptors (Lipinski definition) is 4. The maximum atomic E-state index is 14.0. The number of amides is 1. The number of likely N-dealkylation sites (N-methyl/N-ethyl adjacent to an activating group) is 1. The van der Waals surface area contributed by atoms with E-state index in [1.54, 1.807) is 18.5 Å². The van der Waals surface area contributed by atoms with Crippen molar-refractivity contribution in [3.05, 3.63) is 57.1 Å². The molecular formula is C18H16F2N4O3. The number of rotatable bonds is 2. The van der Waals surface area contributed by atoms with Gasteiger partial charge in [0.2, 0.25) is 0 Å². The molecule has 2 aromatic heterocycles. The lowest BCUT2D eigenvalue weighted by Gasteiger charge is -2.25. The van der Waals surface area contributed by atoms with Gasteiger partial charge in [-0.05, 0) is 13.0 Å². The Morgan fingerprint density at radius 1 is 1.22 bits per heavy atom. The Balaban J connectivity index is 1.95. The van der Waals surface area contributed by atoms with Crippen molar-refractivity contribution in [1.82, 2.24) is 19.2 Å². The molecule has 0 unspecified atom stereocenters. The first-order valence-electron chi connectivity index (χ1n) is 8.32. The third-order valence-electron chi connectivity index (χ3n) is 4.86. The van der Waals surface area contributed by atoms with E-state index >= 15 is 0 Å². The van der Waals surface area contributed by atoms with Crippen molar-refractivity contribution in [2.45, 2.75) is 20.0 Å². The molecule has 0 radical (unpaired) electrons. The number of hydrogen-bond donors (Lipinski definition) is 1. The standard InChI is InChI=1S/C18H16F2N4O3/c1-9-14-12(16(25)15-18(27)22(2)6-7-23(14)15)17(26)24(21-9)8-10-4-3-5-11(19)13(10)20/h3-5,25H,6-8H2,1-2H3. The molecule has 0 atom stereocenters. The van der Waals surface area contributed by atoms with E-state index < -0.39 is 28.9 Å². The third kappa shape index (κ3) is 2.42. The zero-order valence-electron chi connectivity index (χ0n) is 14.7. The highest BCUT2D eigenvalue weighted by atomic mass is 19.2. The molecule has 1 aromatic carbocycles. The summed E-state index contributed by atoms with van der Waals surface area (Å²) in [5.74, 6) is -2.88. The van der Waals surface area contributed by atoms with Crippen LogP contribution in [0.15, 0.2) is 23.0 Å². The largest absolute Gasteiger partial charge is 0.505 e. The summed E-state index contributed by atoms with van der Waals surface area (Å²) in [5.41, 5.74) is 0.109. The second-order valence-electron chi connectivity index (χ2n) is 6.56. The highest BCUT2D eigenvalue weighted by Crippen LogP contribution is 2.33. The normalized spacial score (nSPS) is 14.1. The van der Waals surface area contributed by atoms with Crippen molar-refractivity contribution >= 4 is 16.8 Å². The Morgan fingerprint density at radius 3 is 2.70 bits per heavy atom. The second kappa shape index (κ2) is 5.90. The zero-order valence-corrected chi connectivity index (χ0v) is 14.7. The van der Waals surface area contributed by atoms with E-state index in [4.69, 9.17) is 0 Å². The monoisotopic (exact) mass is 374 g/mol. The van der Waals surface area contributed by atoms with Gasteiger partial charge < -0.3 is 14.6 Å². The first-order chi connectivity index (χ1) is 12.8. The van der Waals surface area contributed by atoms with Crippen LogP contribution in [0, 0.1) is 18.6 Å². The van der Waals surface area contributed by atoms with Crippen molar-refractivity contribution in [2.24, 2.45) is 0 Å². The summed E-state index contributed by atoms with van der Waals surface area (Å²) in [5, 5.41) is 14.7. The lowest BCUT2D eigenvalue weighted by Crippen LogP contribution is -2.37. The van der Waals surface area contributed by atoms with E-state index in [9.17, 15) is 23.5 Å². The van der Waals surface area contributed by atoms with Crippen LogP contribution in [0.4, 0.5) is 8.78 Å². The smallest absolute Gasteiger partial charge is 0.280 e. The quantitative estimate of drug-likeness (QED) is 0.739. The van der Waals surface area contributed by atoms with Crippen molar-refractivity contribution in [3.8, 4) is 5.75 Å². The number of carbonyl (C=O) groups excluding carboxylic acids is 1. The first-order valence-corrected chi connectivity index (χ1v) is 8.32. The van der Waals surface area contributed by atoms with Crippen LogP contribution in [-0.2, 0) is 13.1 Å². The molecule has 0 saturated carbocycles. The molecule has 1 aliphatic heterocycles. The number of nitrogens with zero attached hydrogens (tertiary/aromatic N) is 4. The Bertz CT molecular complexity index is 1170. The van der Waals surface area contributed by atoms with Gasteiger partial charge in [0.15, 0.2) is 23.1 Å². The molecule has 0 fully saturated rings. The number of halogens is 2. The van der Waals surface area contributed by atoms with Crippen LogP contribution >= 0.6 is 0 Å². The van der Waals surface area contributed by atoms with E-state index in [1.807, 2.05) is 0 Å². The SMILES string of the molecule is Cc1nn(Cc2cccc(F)c2F)c(=O)c2c(O)c3n(c12)CCN(C)C3=O. The maximum absolute atomic E-state index is 14.0. The summed E-state index contributed by atoms with van der Waals surface area (Å²) in [6.07, 6.45) is 0. The second-order valence-corrected chi connectivity index (χ2v) is 6.56. The van der Waals surface area contributed by atoms with Gasteiger partial charge in [-0.2, -0.15) is 5.10 Å². The predicted molar refractivity (Wildman–Crippen MR) is 92.8 cm³/mol. The average molecular weight is 374 g/mol. The lowest BCUT2D eigenvalue weighted by atomic mass is 10.2. The van der Waals surface area contributed by atoms with Crippen LogP contribution in [0.3, 0.4) is 0 Å². The predicted octanol–water partition coefficient (Wildman–Crippen LogP) is 1.62. The number of benzene rings is 1. The highest BCUT2D eigenvalue weighted by Gasteiger charge is 2.32. The molecule has 27 heavy (non-hydrogen) atoms. The maximum Gasteiger partial charge on any atom is 0.280 e. The van der Waals surface area contributed by atoms with Crippen molar-refractivity contribution in [2.75, 3.05) is 13.6 Å². The molecule has 3 heterocycles. The van der Waals surface area contributed by atoms with E-state index in [0.717, 1.165) is 10.7 Å². The fraction of sp³-hybridized carbons (Fsp3) is 0.278. The number of fused-ring (bicyclic) bond motifs is 3. The summed E-state index contributed by atoms with van der Waals surface area (Å²) in [4.78, 5) is 26.8. The van der Waals surface area contributed by atoms with E-state index in [1.165, 1.54) is 17.0 Å². The Morgan fingerprint density at radius 2 is 1.96 bits per heavy atom. The van der Waals surface area contributed by atoms with Gasteiger partial charge in [0.1, 0.15) is 5.39 Å². The molecule has 9 heteroatoms. The van der Waals surface area contributed by atoms with Gasteiger partial charge in [0, 0.05) is 25.7 Å².